The van der Waals surface area contributed by atoms with Crippen LogP contribution in [-0.4, -0.2) is 29.3 Å². The van der Waals surface area contributed by atoms with E-state index in [0.717, 1.165) is 4.90 Å². The Hall–Kier alpha value is -4.00. The number of nitrogens with zero attached hydrogens (tertiary/aromatic N) is 1. The molecule has 4 amide bonds. The third-order valence-electron chi connectivity index (χ3n) is 5.28. The van der Waals surface area contributed by atoms with Gasteiger partial charge in [0.15, 0.2) is 5.54 Å². The molecule has 2 N–H and O–H groups in total. The number of rotatable bonds is 5. The highest BCUT2D eigenvalue weighted by Gasteiger charge is 2.54. The molecule has 0 saturated carbocycles. The fourth-order valence-electron chi connectivity index (χ4n) is 3.67. The molecule has 6 nitrogen and oxygen atoms in total. The molecule has 1 fully saturated rings. The molecule has 1 aliphatic heterocycles. The van der Waals surface area contributed by atoms with Gasteiger partial charge in [-0.3, -0.25) is 14.5 Å². The van der Waals surface area contributed by atoms with E-state index in [9.17, 15) is 18.8 Å². The van der Waals surface area contributed by atoms with Crippen LogP contribution in [0, 0.1) is 12.7 Å². The van der Waals surface area contributed by atoms with E-state index in [0.29, 0.717) is 16.7 Å². The molecule has 7 heteroatoms. The molecule has 0 bridgehead atoms. The lowest BCUT2D eigenvalue weighted by Gasteiger charge is -2.28. The molecule has 1 aliphatic rings. The summed E-state index contributed by atoms with van der Waals surface area (Å²) in [7, 11) is 0. The van der Waals surface area contributed by atoms with Crippen LogP contribution in [-0.2, 0) is 15.1 Å². The number of nitrogens with one attached hydrogen (secondary N) is 2. The standard InChI is InChI=1S/C24H20FN3O3/c1-16-12-13-19(14-20(16)25)26-21(29)15-28-22(30)24(27-23(28)31,17-8-4-2-5-9-17)18-10-6-3-7-11-18/h2-14H,15H2,1H3,(H,26,29)(H,27,31). The number of carbonyl (C=O) groups excluding carboxylic acids is 3. The first kappa shape index (κ1) is 20.3. The maximum Gasteiger partial charge on any atom is 0.326 e. The van der Waals surface area contributed by atoms with Crippen LogP contribution < -0.4 is 10.6 Å². The summed E-state index contributed by atoms with van der Waals surface area (Å²) in [5.74, 6) is -1.62. The van der Waals surface area contributed by atoms with Crippen molar-refractivity contribution in [2.24, 2.45) is 0 Å². The minimum absolute atomic E-state index is 0.248. The molecule has 3 aromatic rings. The number of amides is 4. The molecule has 0 aliphatic carbocycles. The van der Waals surface area contributed by atoms with E-state index in [-0.39, 0.29) is 5.69 Å². The maximum atomic E-state index is 13.8. The third kappa shape index (κ3) is 3.66. The number of urea groups is 1. The van der Waals surface area contributed by atoms with Gasteiger partial charge in [-0.2, -0.15) is 0 Å². The number of imide groups is 1. The third-order valence-corrected chi connectivity index (χ3v) is 5.28. The first-order valence-electron chi connectivity index (χ1n) is 9.73. The van der Waals surface area contributed by atoms with E-state index in [4.69, 9.17) is 0 Å². The predicted octanol–water partition coefficient (Wildman–Crippen LogP) is 3.57. The first-order valence-corrected chi connectivity index (χ1v) is 9.73. The van der Waals surface area contributed by atoms with Crippen molar-refractivity contribution in [2.75, 3.05) is 11.9 Å². The predicted molar refractivity (Wildman–Crippen MR) is 114 cm³/mol. The number of hydrogen-bond donors (Lipinski definition) is 2. The van der Waals surface area contributed by atoms with Gasteiger partial charge in [0.2, 0.25) is 5.91 Å². The summed E-state index contributed by atoms with van der Waals surface area (Å²) in [6, 6.07) is 21.4. The Kier molecular flexibility index (Phi) is 5.25. The van der Waals surface area contributed by atoms with Crippen LogP contribution in [0.25, 0.3) is 0 Å². The number of benzene rings is 3. The summed E-state index contributed by atoms with van der Waals surface area (Å²) in [5.41, 5.74) is 0.432. The molecular formula is C24H20FN3O3. The van der Waals surface area contributed by atoms with Crippen molar-refractivity contribution in [3.05, 3.63) is 101 Å². The van der Waals surface area contributed by atoms with E-state index < -0.39 is 35.7 Å². The van der Waals surface area contributed by atoms with Crippen molar-refractivity contribution in [2.45, 2.75) is 12.5 Å². The number of aryl methyl sites for hydroxylation is 1. The molecule has 0 radical (unpaired) electrons. The zero-order valence-corrected chi connectivity index (χ0v) is 16.8. The van der Waals surface area contributed by atoms with Gasteiger partial charge < -0.3 is 10.6 Å². The van der Waals surface area contributed by atoms with Crippen LogP contribution in [0.15, 0.2) is 78.9 Å². The van der Waals surface area contributed by atoms with Crippen molar-refractivity contribution in [1.29, 1.82) is 0 Å². The summed E-state index contributed by atoms with van der Waals surface area (Å²) < 4.78 is 13.8. The Morgan fingerprint density at radius 2 is 1.55 bits per heavy atom. The lowest BCUT2D eigenvalue weighted by molar-refractivity contribution is -0.133. The van der Waals surface area contributed by atoms with E-state index in [2.05, 4.69) is 10.6 Å². The molecule has 156 valence electrons. The Morgan fingerprint density at radius 3 is 2.10 bits per heavy atom. The molecule has 1 heterocycles. The summed E-state index contributed by atoms with van der Waals surface area (Å²) in [4.78, 5) is 39.7. The highest BCUT2D eigenvalue weighted by Crippen LogP contribution is 2.35. The topological polar surface area (TPSA) is 78.5 Å². The molecule has 4 rings (SSSR count). The SMILES string of the molecule is Cc1ccc(NC(=O)CN2C(=O)NC(c3ccccc3)(c3ccccc3)C2=O)cc1F. The number of halogens is 1. The van der Waals surface area contributed by atoms with Crippen LogP contribution in [0.2, 0.25) is 0 Å². The van der Waals surface area contributed by atoms with Gasteiger partial charge in [-0.1, -0.05) is 66.7 Å². The summed E-state index contributed by atoms with van der Waals surface area (Å²) in [6.45, 7) is 1.11. The van der Waals surface area contributed by atoms with Crippen molar-refractivity contribution in [3.63, 3.8) is 0 Å². The Balaban J connectivity index is 1.63. The average Bonchev–Trinajstić information content (AvgIpc) is 3.03. The number of hydrogen-bond acceptors (Lipinski definition) is 3. The van der Waals surface area contributed by atoms with Crippen molar-refractivity contribution in [3.8, 4) is 0 Å². The minimum atomic E-state index is -1.43. The maximum absolute atomic E-state index is 13.8. The Labute approximate surface area is 178 Å². The Morgan fingerprint density at radius 1 is 0.968 bits per heavy atom. The monoisotopic (exact) mass is 417 g/mol. The smallest absolute Gasteiger partial charge is 0.324 e. The summed E-state index contributed by atoms with van der Waals surface area (Å²) in [5, 5.41) is 5.32. The highest BCUT2D eigenvalue weighted by atomic mass is 19.1. The lowest BCUT2D eigenvalue weighted by Crippen LogP contribution is -2.45. The van der Waals surface area contributed by atoms with Gasteiger partial charge in [-0.15, -0.1) is 0 Å². The summed E-state index contributed by atoms with van der Waals surface area (Å²) in [6.07, 6.45) is 0. The fraction of sp³-hybridized carbons (Fsp3) is 0.125. The first-order chi connectivity index (χ1) is 14.9. The van der Waals surface area contributed by atoms with E-state index in [1.54, 1.807) is 61.5 Å². The van der Waals surface area contributed by atoms with Crippen molar-refractivity contribution < 1.29 is 18.8 Å². The quantitative estimate of drug-likeness (QED) is 0.623. The molecule has 0 atom stereocenters. The normalized spacial score (nSPS) is 15.0. The van der Waals surface area contributed by atoms with Gasteiger partial charge in [-0.05, 0) is 35.7 Å². The molecule has 31 heavy (non-hydrogen) atoms. The molecule has 0 aromatic heterocycles. The average molecular weight is 417 g/mol. The second-order valence-electron chi connectivity index (χ2n) is 7.32. The highest BCUT2D eigenvalue weighted by molar-refractivity contribution is 6.12. The fourth-order valence-corrected chi connectivity index (χ4v) is 3.67. The molecule has 0 spiro atoms. The van der Waals surface area contributed by atoms with Gasteiger partial charge >= 0.3 is 6.03 Å². The number of carbonyl (C=O) groups is 3. The Bertz CT molecular complexity index is 1110. The van der Waals surface area contributed by atoms with Gasteiger partial charge in [0.25, 0.3) is 5.91 Å². The number of anilines is 1. The van der Waals surface area contributed by atoms with E-state index >= 15 is 0 Å². The molecule has 0 unspecified atom stereocenters. The van der Waals surface area contributed by atoms with Crippen LogP contribution in [0.1, 0.15) is 16.7 Å². The van der Waals surface area contributed by atoms with Crippen molar-refractivity contribution in [1.82, 2.24) is 10.2 Å². The van der Waals surface area contributed by atoms with E-state index in [1.165, 1.54) is 12.1 Å². The van der Waals surface area contributed by atoms with Gasteiger partial charge in [-0.25, -0.2) is 9.18 Å². The second-order valence-corrected chi connectivity index (χ2v) is 7.32. The second kappa shape index (κ2) is 8.02. The molecule has 3 aromatic carbocycles. The van der Waals surface area contributed by atoms with Crippen LogP contribution in [0.3, 0.4) is 0 Å². The zero-order chi connectivity index (χ0) is 22.0. The van der Waals surface area contributed by atoms with Crippen molar-refractivity contribution >= 4 is 23.5 Å². The largest absolute Gasteiger partial charge is 0.326 e. The minimum Gasteiger partial charge on any atom is -0.324 e. The zero-order valence-electron chi connectivity index (χ0n) is 16.8. The van der Waals surface area contributed by atoms with Gasteiger partial charge in [0, 0.05) is 5.69 Å². The summed E-state index contributed by atoms with van der Waals surface area (Å²) >= 11 is 0. The van der Waals surface area contributed by atoms with Crippen LogP contribution in [0.4, 0.5) is 14.9 Å². The van der Waals surface area contributed by atoms with Gasteiger partial charge in [0.1, 0.15) is 12.4 Å². The molecule has 1 saturated heterocycles. The molecular weight excluding hydrogens is 397 g/mol. The van der Waals surface area contributed by atoms with E-state index in [1.807, 2.05) is 12.1 Å². The van der Waals surface area contributed by atoms with Gasteiger partial charge in [0.05, 0.1) is 0 Å². The van der Waals surface area contributed by atoms with Crippen LogP contribution >= 0.6 is 0 Å². The van der Waals surface area contributed by atoms with Crippen LogP contribution in [0.5, 0.6) is 0 Å². The lowest BCUT2D eigenvalue weighted by atomic mass is 9.82.